The van der Waals surface area contributed by atoms with Crippen molar-refractivity contribution in [2.45, 2.75) is 0 Å². The zero-order valence-corrected chi connectivity index (χ0v) is 11.3. The molecule has 0 aliphatic carbocycles. The molecule has 0 saturated carbocycles. The zero-order valence-electron chi connectivity index (χ0n) is 11.3. The van der Waals surface area contributed by atoms with Gasteiger partial charge in [0.2, 0.25) is 11.9 Å². The number of nitriles is 1. The largest absolute Gasteiger partial charge is 0.368 e. The lowest BCUT2D eigenvalue weighted by molar-refractivity contribution is 0.952. The number of hydrogen-bond acceptors (Lipinski definition) is 6. The molecule has 0 amide bonds. The van der Waals surface area contributed by atoms with Crippen LogP contribution in [0.15, 0.2) is 30.3 Å². The Kier molecular flexibility index (Phi) is 3.91. The fraction of sp³-hybridized carbons (Fsp3) is 0.143. The van der Waals surface area contributed by atoms with Crippen LogP contribution in [0.5, 0.6) is 0 Å². The molecule has 0 radical (unpaired) electrons. The minimum Gasteiger partial charge on any atom is -0.368 e. The second-order valence-electron chi connectivity index (χ2n) is 4.29. The Morgan fingerprint density at radius 1 is 1.20 bits per heavy atom. The number of allylic oxidation sites excluding steroid dienone is 1. The average molecular weight is 266 g/mol. The highest BCUT2D eigenvalue weighted by molar-refractivity contribution is 5.87. The van der Waals surface area contributed by atoms with Gasteiger partial charge in [-0.25, -0.2) is 0 Å². The van der Waals surface area contributed by atoms with Gasteiger partial charge in [0.05, 0.1) is 5.57 Å². The second-order valence-corrected chi connectivity index (χ2v) is 4.29. The smallest absolute Gasteiger partial charge is 0.230 e. The summed E-state index contributed by atoms with van der Waals surface area (Å²) in [4.78, 5) is 14.0. The van der Waals surface area contributed by atoms with Crippen molar-refractivity contribution < 1.29 is 0 Å². The summed E-state index contributed by atoms with van der Waals surface area (Å²) in [6, 6.07) is 11.6. The van der Waals surface area contributed by atoms with Crippen LogP contribution in [0.1, 0.15) is 11.4 Å². The van der Waals surface area contributed by atoms with Crippen LogP contribution in [0.25, 0.3) is 11.6 Å². The van der Waals surface area contributed by atoms with E-state index in [1.54, 1.807) is 25.1 Å². The Balaban J connectivity index is 2.48. The third-order valence-corrected chi connectivity index (χ3v) is 2.51. The van der Waals surface area contributed by atoms with Crippen LogP contribution in [0.2, 0.25) is 0 Å². The van der Waals surface area contributed by atoms with Crippen LogP contribution in [0.3, 0.4) is 0 Å². The number of rotatable bonds is 3. The summed E-state index contributed by atoms with van der Waals surface area (Å²) in [5.74, 6) is 0.780. The summed E-state index contributed by atoms with van der Waals surface area (Å²) < 4.78 is 0. The van der Waals surface area contributed by atoms with E-state index in [9.17, 15) is 5.26 Å². The first-order valence-corrected chi connectivity index (χ1v) is 5.96. The number of anilines is 2. The molecule has 0 atom stereocenters. The molecule has 0 spiro atoms. The van der Waals surface area contributed by atoms with E-state index in [2.05, 4.69) is 21.0 Å². The van der Waals surface area contributed by atoms with Crippen LogP contribution in [-0.2, 0) is 0 Å². The Labute approximate surface area is 117 Å². The Morgan fingerprint density at radius 2 is 1.90 bits per heavy atom. The van der Waals surface area contributed by atoms with Crippen molar-refractivity contribution in [3.63, 3.8) is 0 Å². The molecule has 2 N–H and O–H groups in total. The number of benzene rings is 1. The lowest BCUT2D eigenvalue weighted by Gasteiger charge is -2.10. The van der Waals surface area contributed by atoms with Crippen LogP contribution in [0, 0.1) is 11.3 Å². The topological polar surface area (TPSA) is 91.7 Å². The lowest BCUT2D eigenvalue weighted by atomic mass is 10.1. The Bertz CT molecular complexity index is 670. The molecule has 1 heterocycles. The van der Waals surface area contributed by atoms with Gasteiger partial charge in [0.25, 0.3) is 0 Å². The summed E-state index contributed by atoms with van der Waals surface area (Å²) >= 11 is 0. The van der Waals surface area contributed by atoms with E-state index in [1.807, 2.05) is 30.3 Å². The fourth-order valence-electron chi connectivity index (χ4n) is 1.56. The highest BCUT2D eigenvalue weighted by Crippen LogP contribution is 2.16. The first-order chi connectivity index (χ1) is 9.60. The van der Waals surface area contributed by atoms with Crippen molar-refractivity contribution in [2.24, 2.45) is 0 Å². The molecule has 0 aliphatic rings. The monoisotopic (exact) mass is 266 g/mol. The predicted octanol–water partition coefficient (Wildman–Crippen LogP) is 1.58. The van der Waals surface area contributed by atoms with Crippen molar-refractivity contribution >= 4 is 23.5 Å². The van der Waals surface area contributed by atoms with Gasteiger partial charge in [0, 0.05) is 14.1 Å². The van der Waals surface area contributed by atoms with E-state index in [4.69, 9.17) is 5.73 Å². The standard InChI is InChI=1S/C14H14N6/c1-20(2)14-18-12(17-13(16)19-14)11(9-15)8-10-6-4-3-5-7-10/h3-8H,1-2H3,(H2,16,17,18,19). The number of nitrogens with zero attached hydrogens (tertiary/aromatic N) is 5. The Hall–Kier alpha value is -2.94. The molecule has 0 unspecified atom stereocenters. The molecule has 0 aliphatic heterocycles. The number of nitrogen functional groups attached to an aromatic ring is 1. The number of hydrogen-bond donors (Lipinski definition) is 1. The van der Waals surface area contributed by atoms with Crippen LogP contribution >= 0.6 is 0 Å². The predicted molar refractivity (Wildman–Crippen MR) is 78.5 cm³/mol. The van der Waals surface area contributed by atoms with E-state index >= 15 is 0 Å². The molecule has 2 aromatic rings. The van der Waals surface area contributed by atoms with Gasteiger partial charge in [0.1, 0.15) is 6.07 Å². The molecule has 0 saturated heterocycles. The van der Waals surface area contributed by atoms with Crippen molar-refractivity contribution in [3.05, 3.63) is 41.7 Å². The molecule has 1 aromatic carbocycles. The van der Waals surface area contributed by atoms with Crippen LogP contribution in [0.4, 0.5) is 11.9 Å². The van der Waals surface area contributed by atoms with Crippen molar-refractivity contribution in [2.75, 3.05) is 24.7 Å². The summed E-state index contributed by atoms with van der Waals surface area (Å²) in [6.45, 7) is 0. The molecule has 100 valence electrons. The molecule has 0 fully saturated rings. The van der Waals surface area contributed by atoms with Crippen molar-refractivity contribution in [3.8, 4) is 6.07 Å². The summed E-state index contributed by atoms with van der Waals surface area (Å²) in [5.41, 5.74) is 6.90. The molecular formula is C14H14N6. The maximum Gasteiger partial charge on any atom is 0.230 e. The van der Waals surface area contributed by atoms with Gasteiger partial charge < -0.3 is 10.6 Å². The summed E-state index contributed by atoms with van der Waals surface area (Å²) in [6.07, 6.45) is 1.72. The average Bonchev–Trinajstić information content (AvgIpc) is 2.45. The van der Waals surface area contributed by atoms with E-state index in [-0.39, 0.29) is 11.8 Å². The summed E-state index contributed by atoms with van der Waals surface area (Å²) in [7, 11) is 3.59. The van der Waals surface area contributed by atoms with Gasteiger partial charge >= 0.3 is 0 Å². The highest BCUT2D eigenvalue weighted by atomic mass is 15.3. The summed E-state index contributed by atoms with van der Waals surface area (Å²) in [5, 5.41) is 9.29. The van der Waals surface area contributed by atoms with E-state index < -0.39 is 0 Å². The minimum absolute atomic E-state index is 0.0907. The highest BCUT2D eigenvalue weighted by Gasteiger charge is 2.10. The van der Waals surface area contributed by atoms with E-state index in [0.717, 1.165) is 5.56 Å². The van der Waals surface area contributed by atoms with Gasteiger partial charge in [-0.1, -0.05) is 30.3 Å². The first kappa shape index (κ1) is 13.5. The minimum atomic E-state index is 0.0907. The first-order valence-electron chi connectivity index (χ1n) is 5.96. The van der Waals surface area contributed by atoms with E-state index in [0.29, 0.717) is 11.5 Å². The van der Waals surface area contributed by atoms with Crippen molar-refractivity contribution in [1.29, 1.82) is 5.26 Å². The zero-order chi connectivity index (χ0) is 14.5. The fourth-order valence-corrected chi connectivity index (χ4v) is 1.56. The maximum absolute atomic E-state index is 9.29. The molecule has 2 rings (SSSR count). The van der Waals surface area contributed by atoms with E-state index in [1.165, 1.54) is 0 Å². The lowest BCUT2D eigenvalue weighted by Crippen LogP contribution is -2.15. The molecule has 0 bridgehead atoms. The van der Waals surface area contributed by atoms with Crippen LogP contribution in [-0.4, -0.2) is 29.0 Å². The maximum atomic E-state index is 9.29. The number of aromatic nitrogens is 3. The molecule has 20 heavy (non-hydrogen) atoms. The molecular weight excluding hydrogens is 252 g/mol. The third-order valence-electron chi connectivity index (χ3n) is 2.51. The quantitative estimate of drug-likeness (QED) is 0.848. The SMILES string of the molecule is CN(C)c1nc(N)nc(C(C#N)=Cc2ccccc2)n1. The Morgan fingerprint density at radius 3 is 2.50 bits per heavy atom. The normalized spacial score (nSPS) is 10.9. The molecule has 6 nitrogen and oxygen atoms in total. The van der Waals surface area contributed by atoms with Gasteiger partial charge in [-0.2, -0.15) is 20.2 Å². The third kappa shape index (κ3) is 3.09. The van der Waals surface area contributed by atoms with Gasteiger partial charge in [-0.3, -0.25) is 0 Å². The molecule has 1 aromatic heterocycles. The van der Waals surface area contributed by atoms with Crippen LogP contribution < -0.4 is 10.6 Å². The van der Waals surface area contributed by atoms with Crippen molar-refractivity contribution in [1.82, 2.24) is 15.0 Å². The van der Waals surface area contributed by atoms with Gasteiger partial charge in [-0.05, 0) is 11.6 Å². The second kappa shape index (κ2) is 5.80. The number of nitrogens with two attached hydrogens (primary N) is 1. The van der Waals surface area contributed by atoms with Gasteiger partial charge in [0.15, 0.2) is 5.82 Å². The van der Waals surface area contributed by atoms with Gasteiger partial charge in [-0.15, -0.1) is 0 Å². The molecule has 6 heteroatoms.